The Morgan fingerprint density at radius 3 is 1.69 bits per heavy atom. The fourth-order valence-corrected chi connectivity index (χ4v) is 14.9. The first-order valence-electron chi connectivity index (χ1n) is 35.2. The molecule has 3 aliphatic carbocycles. The number of carbonyl (C=O) groups is 5. The van der Waals surface area contributed by atoms with E-state index < -0.39 is 208 Å². The van der Waals surface area contributed by atoms with Crippen molar-refractivity contribution < 1.29 is 121 Å². The smallest absolute Gasteiger partial charge is 0.341 e. The minimum Gasteiger partial charge on any atom is -0.422 e. The highest BCUT2D eigenvalue weighted by atomic mass is 16.7. The van der Waals surface area contributed by atoms with Gasteiger partial charge in [0.2, 0.25) is 23.6 Å². The van der Waals surface area contributed by atoms with Crippen LogP contribution in [0, 0.1) is 17.8 Å². The highest BCUT2D eigenvalue weighted by Gasteiger charge is 2.55. The highest BCUT2D eigenvalue weighted by Crippen LogP contribution is 2.39. The maximum absolute atomic E-state index is 14.7. The number of likely N-dealkylation sites (tertiary alicyclic amines) is 1. The number of hydrogen-bond donors (Lipinski definition) is 13. The highest BCUT2D eigenvalue weighted by molar-refractivity contribution is 5.82. The quantitative estimate of drug-likeness (QED) is 0.0245. The van der Waals surface area contributed by atoms with E-state index in [4.69, 9.17) is 51.5 Å². The number of ether oxygens (including phenoxy) is 9. The molecule has 2 aromatic heterocycles. The molecule has 4 aliphatic heterocycles. The minimum absolute atomic E-state index is 0.0428. The number of aliphatic hydroxyl groups is 9. The van der Waals surface area contributed by atoms with Crippen LogP contribution in [0.3, 0.4) is 0 Å². The molecule has 562 valence electrons. The molecule has 5 amide bonds. The van der Waals surface area contributed by atoms with E-state index in [1.54, 1.807) is 59.5 Å². The predicted molar refractivity (Wildman–Crippen MR) is 352 cm³/mol. The lowest BCUT2D eigenvalue weighted by Crippen LogP contribution is -2.68. The number of fused-ring (bicyclic) bond motifs is 2. The maximum atomic E-state index is 14.7. The van der Waals surface area contributed by atoms with Crippen molar-refractivity contribution in [2.24, 2.45) is 17.8 Å². The third-order valence-corrected chi connectivity index (χ3v) is 20.6. The van der Waals surface area contributed by atoms with Crippen LogP contribution in [0.5, 0.6) is 0 Å². The van der Waals surface area contributed by atoms with E-state index in [1.807, 2.05) is 0 Å². The molecule has 13 N–H and O–H groups in total. The number of amides is 5. The standard InChI is InChI=1S/C70H95N5O27/c1-33-53(80)57(84)58(85)69(94-33)102-60-43(73-34(2)78)25-39(28-48(60)99-68-52(74-35(3)79)61(55(82)50(29-76)100-68)95-49(65(89)75-20-11-21-75)22-36-12-5-4-6-13-36)63(87)71-18-19-72-64(88)40-26-46(92-31-41-23-37-14-7-9-16-44(37)96-66(41)90)54(81)47(27-40)98-70-59(86)62(56(83)51(30-77)101-70)93-32-42-24-38-15-8-10-17-45(38)97-67(42)91/h7-10,14-17,23-24,33,36,39-40,43,46-62,68-70,76-77,80-86H,4-6,11-13,18-22,25-32H2,1-3H3,(H,71,87)(H,72,88)(H,73,78)(H,74,79)/t33?,39?,40?,43?,46?,47-,48-,49+,50?,51?,52?,53-,54?,55+,56+,57?,58?,59?,60?,61?,62?,68-,69+,70-/m1/s1. The van der Waals surface area contributed by atoms with Gasteiger partial charge >= 0.3 is 11.3 Å². The first-order chi connectivity index (χ1) is 49.0. The van der Waals surface area contributed by atoms with Crippen LogP contribution < -0.4 is 32.5 Å². The van der Waals surface area contributed by atoms with Crippen molar-refractivity contribution in [1.29, 1.82) is 0 Å². The van der Waals surface area contributed by atoms with E-state index in [9.17, 15) is 79.5 Å². The molecule has 32 nitrogen and oxygen atoms in total. The summed E-state index contributed by atoms with van der Waals surface area (Å²) in [6.07, 6.45) is -25.6. The second-order valence-corrected chi connectivity index (χ2v) is 27.8. The molecule has 2 aromatic carbocycles. The van der Waals surface area contributed by atoms with Gasteiger partial charge in [-0.15, -0.1) is 0 Å². The molecule has 15 unspecified atom stereocenters. The molecule has 11 rings (SSSR count). The molecule has 0 bridgehead atoms. The molecule has 0 spiro atoms. The Hall–Kier alpha value is -6.51. The SMILES string of the molecule is CC(=O)NC1CC(C(=O)NCCNC(=O)C2CC(OCc3cc4ccccc4oc3=O)C(O)[C@H](O[C@@H]3OC(CO)[C@H](O)C(OCc4cc5ccccc5oc4=O)C3O)C2)C[C@@H](O[C@@H]2OC(CO)[C@H](O)C(O[C@@H](CC3CCCCC3)C(=O)N3CCC3)C2NC(C)=O)C1O[C@@H]1OC(C)[C@@H](O)C(O)C1O. The van der Waals surface area contributed by atoms with Crippen LogP contribution in [-0.2, 0) is 79.8 Å². The largest absolute Gasteiger partial charge is 0.422 e. The maximum Gasteiger partial charge on any atom is 0.341 e. The Labute approximate surface area is 586 Å². The van der Waals surface area contributed by atoms with Crippen molar-refractivity contribution in [2.45, 2.75) is 239 Å². The Kier molecular flexibility index (Phi) is 26.0. The average molecular weight is 1440 g/mol. The first kappa shape index (κ1) is 76.6. The number of nitrogens with one attached hydrogen (secondary N) is 4. The van der Waals surface area contributed by atoms with Gasteiger partial charge in [0.25, 0.3) is 5.91 Å². The summed E-state index contributed by atoms with van der Waals surface area (Å²) < 4.78 is 67.3. The number of aliphatic hydroxyl groups excluding tert-OH is 9. The van der Waals surface area contributed by atoms with Gasteiger partial charge in [0, 0.05) is 62.6 Å². The van der Waals surface area contributed by atoms with Gasteiger partial charge in [-0.2, -0.15) is 0 Å². The van der Waals surface area contributed by atoms with E-state index in [-0.39, 0.29) is 61.7 Å². The number of carbonyl (C=O) groups excluding carboxylic acids is 5. The second-order valence-electron chi connectivity index (χ2n) is 27.8. The second kappa shape index (κ2) is 34.6. The number of rotatable bonds is 26. The lowest BCUT2D eigenvalue weighted by molar-refractivity contribution is -0.335. The molecule has 7 aliphatic rings. The van der Waals surface area contributed by atoms with E-state index in [2.05, 4.69) is 21.3 Å². The van der Waals surface area contributed by atoms with Crippen LogP contribution >= 0.6 is 0 Å². The zero-order valence-corrected chi connectivity index (χ0v) is 57.0. The monoisotopic (exact) mass is 1440 g/mol. The van der Waals surface area contributed by atoms with E-state index in [0.717, 1.165) is 38.5 Å². The van der Waals surface area contributed by atoms with Gasteiger partial charge in [0.15, 0.2) is 18.9 Å². The number of para-hydroxylation sites is 2. The molecule has 6 heterocycles. The lowest BCUT2D eigenvalue weighted by atomic mass is 9.80. The summed E-state index contributed by atoms with van der Waals surface area (Å²) in [6.45, 7) is 1.93. The summed E-state index contributed by atoms with van der Waals surface area (Å²) in [5.74, 6) is -4.81. The molecule has 32 heteroatoms. The summed E-state index contributed by atoms with van der Waals surface area (Å²) in [4.78, 5) is 97.5. The Balaban J connectivity index is 0.805. The topological polar surface area (TPSA) is 462 Å². The van der Waals surface area contributed by atoms with Crippen LogP contribution in [0.15, 0.2) is 79.1 Å². The van der Waals surface area contributed by atoms with Crippen LogP contribution in [0.2, 0.25) is 0 Å². The summed E-state index contributed by atoms with van der Waals surface area (Å²) >= 11 is 0. The zero-order chi connectivity index (χ0) is 72.6. The van der Waals surface area contributed by atoms with Crippen molar-refractivity contribution in [3.63, 3.8) is 0 Å². The van der Waals surface area contributed by atoms with Gasteiger partial charge < -0.3 is 124 Å². The fourth-order valence-electron chi connectivity index (χ4n) is 14.9. The first-order valence-corrected chi connectivity index (χ1v) is 35.2. The van der Waals surface area contributed by atoms with E-state index >= 15 is 0 Å². The van der Waals surface area contributed by atoms with Gasteiger partial charge in [-0.3, -0.25) is 24.0 Å². The normalized spacial score (nSPS) is 34.9. The van der Waals surface area contributed by atoms with Crippen molar-refractivity contribution in [3.05, 3.63) is 92.6 Å². The summed E-state index contributed by atoms with van der Waals surface area (Å²) in [5, 5.41) is 113. The molecule has 4 saturated heterocycles. The zero-order valence-electron chi connectivity index (χ0n) is 57.0. The van der Waals surface area contributed by atoms with Crippen molar-refractivity contribution in [3.8, 4) is 0 Å². The Bertz CT molecular complexity index is 3630. The van der Waals surface area contributed by atoms with Crippen LogP contribution in [-0.4, -0.2) is 255 Å². The van der Waals surface area contributed by atoms with Crippen LogP contribution in [0.25, 0.3) is 21.9 Å². The van der Waals surface area contributed by atoms with Gasteiger partial charge in [-0.1, -0.05) is 68.5 Å². The van der Waals surface area contributed by atoms with Gasteiger partial charge in [-0.05, 0) is 75.6 Å². The molecule has 3 saturated carbocycles. The van der Waals surface area contributed by atoms with Gasteiger partial charge in [-0.25, -0.2) is 9.59 Å². The third-order valence-electron chi connectivity index (χ3n) is 20.6. The molecule has 7 fully saturated rings. The average Bonchev–Trinajstić information content (AvgIpc) is 0.778. The van der Waals surface area contributed by atoms with Crippen molar-refractivity contribution in [2.75, 3.05) is 39.4 Å². The Morgan fingerprint density at radius 1 is 0.559 bits per heavy atom. The number of nitrogens with zero attached hydrogens (tertiary/aromatic N) is 1. The number of benzene rings is 2. The molecule has 102 heavy (non-hydrogen) atoms. The molecule has 0 radical (unpaired) electrons. The van der Waals surface area contributed by atoms with Crippen molar-refractivity contribution in [1.82, 2.24) is 26.2 Å². The summed E-state index contributed by atoms with van der Waals surface area (Å²) in [7, 11) is 0. The molecule has 24 atom stereocenters. The lowest BCUT2D eigenvalue weighted by Gasteiger charge is -2.49. The minimum atomic E-state index is -1.86. The predicted octanol–water partition coefficient (Wildman–Crippen LogP) is -1.75. The molecule has 4 aromatic rings. The molecular weight excluding hydrogens is 1340 g/mol. The Morgan fingerprint density at radius 2 is 1.10 bits per heavy atom. The third kappa shape index (κ3) is 18.1. The van der Waals surface area contributed by atoms with Gasteiger partial charge in [0.1, 0.15) is 96.6 Å². The van der Waals surface area contributed by atoms with E-state index in [0.29, 0.717) is 41.4 Å². The summed E-state index contributed by atoms with van der Waals surface area (Å²) in [6, 6.07) is 14.0. The van der Waals surface area contributed by atoms with E-state index in [1.165, 1.54) is 26.8 Å². The van der Waals surface area contributed by atoms with Crippen molar-refractivity contribution >= 4 is 51.5 Å². The summed E-state index contributed by atoms with van der Waals surface area (Å²) in [5.41, 5.74) is -0.713. The number of hydrogen-bond acceptors (Lipinski definition) is 27. The fraction of sp³-hybridized carbons (Fsp3) is 0.671. The van der Waals surface area contributed by atoms with Crippen LogP contribution in [0.1, 0.15) is 103 Å². The van der Waals surface area contributed by atoms with Crippen LogP contribution in [0.4, 0.5) is 0 Å². The molecular formula is C70H95N5O27. The van der Waals surface area contributed by atoms with Gasteiger partial charge in [0.05, 0.1) is 68.0 Å².